The number of carbonyl (C=O) groups excluding carboxylic acids is 1. The zero-order valence-electron chi connectivity index (χ0n) is 13.8. The van der Waals surface area contributed by atoms with E-state index in [0.29, 0.717) is 5.92 Å². The number of aryl methyl sites for hydroxylation is 1. The molecule has 0 bridgehead atoms. The molecule has 1 aromatic heterocycles. The lowest BCUT2D eigenvalue weighted by molar-refractivity contribution is -0.130. The smallest absolute Gasteiger partial charge is 0.219 e. The SMILES string of the molecule is CC(=O)N1CCCC(c2nccnc2Cc2ccc(C)cc2)C1. The summed E-state index contributed by atoms with van der Waals surface area (Å²) in [4.78, 5) is 22.8. The summed E-state index contributed by atoms with van der Waals surface area (Å²) in [5.74, 6) is 0.445. The topological polar surface area (TPSA) is 46.1 Å². The minimum atomic E-state index is 0.152. The number of rotatable bonds is 3. The fraction of sp³-hybridized carbons (Fsp3) is 0.421. The average molecular weight is 309 g/mol. The van der Waals surface area contributed by atoms with Crippen molar-refractivity contribution in [2.75, 3.05) is 13.1 Å². The molecule has 1 atom stereocenters. The maximum Gasteiger partial charge on any atom is 0.219 e. The third kappa shape index (κ3) is 3.76. The van der Waals surface area contributed by atoms with E-state index in [9.17, 15) is 4.79 Å². The van der Waals surface area contributed by atoms with Crippen LogP contribution >= 0.6 is 0 Å². The Balaban J connectivity index is 1.82. The summed E-state index contributed by atoms with van der Waals surface area (Å²) in [6, 6.07) is 8.56. The predicted octanol–water partition coefficient (Wildman–Crippen LogP) is 3.10. The van der Waals surface area contributed by atoms with Crippen LogP contribution < -0.4 is 0 Å². The van der Waals surface area contributed by atoms with Crippen molar-refractivity contribution < 1.29 is 4.79 Å². The number of benzene rings is 1. The standard InChI is InChI=1S/C19H23N3O/c1-14-5-7-16(8-6-14)12-18-19(21-10-9-20-18)17-4-3-11-22(13-17)15(2)23/h5-10,17H,3-4,11-13H2,1-2H3. The molecule has 0 radical (unpaired) electrons. The van der Waals surface area contributed by atoms with E-state index in [2.05, 4.69) is 41.2 Å². The monoisotopic (exact) mass is 309 g/mol. The lowest BCUT2D eigenvalue weighted by atomic mass is 9.91. The number of likely N-dealkylation sites (tertiary alicyclic amines) is 1. The van der Waals surface area contributed by atoms with Crippen LogP contribution in [0.2, 0.25) is 0 Å². The van der Waals surface area contributed by atoms with Gasteiger partial charge in [0.15, 0.2) is 0 Å². The third-order valence-corrected chi connectivity index (χ3v) is 4.55. The van der Waals surface area contributed by atoms with Crippen molar-refractivity contribution in [2.24, 2.45) is 0 Å². The first kappa shape index (κ1) is 15.7. The van der Waals surface area contributed by atoms with Gasteiger partial charge in [-0.3, -0.25) is 14.8 Å². The van der Waals surface area contributed by atoms with Gasteiger partial charge in [0.2, 0.25) is 5.91 Å². The van der Waals surface area contributed by atoms with Crippen LogP contribution in [-0.2, 0) is 11.2 Å². The summed E-state index contributed by atoms with van der Waals surface area (Å²) in [5, 5.41) is 0. The van der Waals surface area contributed by atoms with Crippen LogP contribution in [0.4, 0.5) is 0 Å². The predicted molar refractivity (Wildman–Crippen MR) is 90.2 cm³/mol. The van der Waals surface area contributed by atoms with Crippen LogP contribution in [0, 0.1) is 6.92 Å². The Morgan fingerprint density at radius 3 is 2.70 bits per heavy atom. The van der Waals surface area contributed by atoms with E-state index in [1.54, 1.807) is 19.3 Å². The molecular formula is C19H23N3O. The van der Waals surface area contributed by atoms with E-state index in [1.165, 1.54) is 11.1 Å². The number of aromatic nitrogens is 2. The van der Waals surface area contributed by atoms with Gasteiger partial charge in [0.25, 0.3) is 0 Å². The normalized spacial score (nSPS) is 18.0. The highest BCUT2D eigenvalue weighted by Gasteiger charge is 2.26. The summed E-state index contributed by atoms with van der Waals surface area (Å²) in [6.45, 7) is 5.36. The first-order chi connectivity index (χ1) is 11.1. The lowest BCUT2D eigenvalue weighted by Crippen LogP contribution is -2.38. The molecule has 1 aromatic carbocycles. The van der Waals surface area contributed by atoms with Crippen LogP contribution in [-0.4, -0.2) is 33.9 Å². The molecule has 1 aliphatic rings. The Kier molecular flexibility index (Phi) is 4.70. The van der Waals surface area contributed by atoms with Gasteiger partial charge in [-0.25, -0.2) is 0 Å². The number of nitrogens with zero attached hydrogens (tertiary/aromatic N) is 3. The molecule has 1 unspecified atom stereocenters. The Bertz CT molecular complexity index is 681. The maximum atomic E-state index is 11.7. The van der Waals surface area contributed by atoms with Gasteiger partial charge in [0, 0.05) is 44.7 Å². The Morgan fingerprint density at radius 1 is 1.22 bits per heavy atom. The van der Waals surface area contributed by atoms with Gasteiger partial charge < -0.3 is 4.90 Å². The van der Waals surface area contributed by atoms with E-state index in [-0.39, 0.29) is 5.91 Å². The first-order valence-corrected chi connectivity index (χ1v) is 8.24. The van der Waals surface area contributed by atoms with Gasteiger partial charge >= 0.3 is 0 Å². The molecule has 4 heteroatoms. The Labute approximate surface area is 137 Å². The molecule has 120 valence electrons. The van der Waals surface area contributed by atoms with Crippen molar-refractivity contribution >= 4 is 5.91 Å². The highest BCUT2D eigenvalue weighted by Crippen LogP contribution is 2.28. The molecule has 0 saturated carbocycles. The maximum absolute atomic E-state index is 11.7. The van der Waals surface area contributed by atoms with Crippen molar-refractivity contribution in [2.45, 2.75) is 39.0 Å². The summed E-state index contributed by atoms with van der Waals surface area (Å²) in [5.41, 5.74) is 4.60. The second-order valence-corrected chi connectivity index (χ2v) is 6.35. The molecule has 1 aliphatic heterocycles. The molecule has 1 saturated heterocycles. The van der Waals surface area contributed by atoms with Gasteiger partial charge in [-0.15, -0.1) is 0 Å². The third-order valence-electron chi connectivity index (χ3n) is 4.55. The van der Waals surface area contributed by atoms with Crippen LogP contribution in [0.15, 0.2) is 36.7 Å². The van der Waals surface area contributed by atoms with Crippen molar-refractivity contribution in [3.8, 4) is 0 Å². The second-order valence-electron chi connectivity index (χ2n) is 6.35. The minimum absolute atomic E-state index is 0.152. The van der Waals surface area contributed by atoms with Gasteiger partial charge in [0.1, 0.15) is 0 Å². The number of piperidine rings is 1. The molecule has 0 N–H and O–H groups in total. The fourth-order valence-electron chi connectivity index (χ4n) is 3.24. The van der Waals surface area contributed by atoms with Crippen LogP contribution in [0.5, 0.6) is 0 Å². The van der Waals surface area contributed by atoms with Gasteiger partial charge in [-0.2, -0.15) is 0 Å². The average Bonchev–Trinajstić information content (AvgIpc) is 2.57. The van der Waals surface area contributed by atoms with E-state index in [1.807, 2.05) is 4.90 Å². The van der Waals surface area contributed by atoms with Crippen LogP contribution in [0.3, 0.4) is 0 Å². The zero-order valence-corrected chi connectivity index (χ0v) is 13.8. The molecule has 2 heterocycles. The molecular weight excluding hydrogens is 286 g/mol. The molecule has 1 fully saturated rings. The lowest BCUT2D eigenvalue weighted by Gasteiger charge is -2.32. The van der Waals surface area contributed by atoms with Crippen molar-refractivity contribution in [1.29, 1.82) is 0 Å². The molecule has 0 spiro atoms. The van der Waals surface area contributed by atoms with Crippen molar-refractivity contribution in [3.63, 3.8) is 0 Å². The van der Waals surface area contributed by atoms with Crippen molar-refractivity contribution in [1.82, 2.24) is 14.9 Å². The summed E-state index contributed by atoms with van der Waals surface area (Å²) in [7, 11) is 0. The summed E-state index contributed by atoms with van der Waals surface area (Å²) >= 11 is 0. The number of hydrogen-bond donors (Lipinski definition) is 0. The second kappa shape index (κ2) is 6.90. The van der Waals surface area contributed by atoms with E-state index >= 15 is 0 Å². The molecule has 3 rings (SSSR count). The largest absolute Gasteiger partial charge is 0.342 e. The first-order valence-electron chi connectivity index (χ1n) is 8.24. The molecule has 1 amide bonds. The summed E-state index contributed by atoms with van der Waals surface area (Å²) < 4.78 is 0. The van der Waals surface area contributed by atoms with Crippen molar-refractivity contribution in [3.05, 3.63) is 59.2 Å². The van der Waals surface area contributed by atoms with E-state index in [4.69, 9.17) is 0 Å². The number of carbonyl (C=O) groups is 1. The summed E-state index contributed by atoms with van der Waals surface area (Å²) in [6.07, 6.45) is 6.42. The van der Waals surface area contributed by atoms with Crippen LogP contribution in [0.25, 0.3) is 0 Å². The Hall–Kier alpha value is -2.23. The quantitative estimate of drug-likeness (QED) is 0.875. The molecule has 2 aromatic rings. The molecule has 0 aliphatic carbocycles. The fourth-order valence-corrected chi connectivity index (χ4v) is 3.24. The number of hydrogen-bond acceptors (Lipinski definition) is 3. The van der Waals surface area contributed by atoms with Gasteiger partial charge in [-0.05, 0) is 25.3 Å². The van der Waals surface area contributed by atoms with E-state index < -0.39 is 0 Å². The highest BCUT2D eigenvalue weighted by molar-refractivity contribution is 5.73. The van der Waals surface area contributed by atoms with Gasteiger partial charge in [0.05, 0.1) is 11.4 Å². The highest BCUT2D eigenvalue weighted by atomic mass is 16.2. The van der Waals surface area contributed by atoms with Gasteiger partial charge in [-0.1, -0.05) is 29.8 Å². The van der Waals surface area contributed by atoms with Crippen LogP contribution in [0.1, 0.15) is 48.2 Å². The molecule has 23 heavy (non-hydrogen) atoms. The zero-order chi connectivity index (χ0) is 16.2. The minimum Gasteiger partial charge on any atom is -0.342 e. The van der Waals surface area contributed by atoms with E-state index in [0.717, 1.165) is 43.7 Å². The molecule has 4 nitrogen and oxygen atoms in total. The Morgan fingerprint density at radius 2 is 1.96 bits per heavy atom. The number of amides is 1.